The van der Waals surface area contributed by atoms with Gasteiger partial charge >= 0.3 is 12.1 Å². The van der Waals surface area contributed by atoms with Gasteiger partial charge < -0.3 is 14.6 Å². The molecule has 6 nitrogen and oxygen atoms in total. The van der Waals surface area contributed by atoms with E-state index in [0.29, 0.717) is 6.61 Å². The number of carboxylic acid groups (broad SMARTS) is 1. The van der Waals surface area contributed by atoms with Crippen LogP contribution in [0.3, 0.4) is 0 Å². The van der Waals surface area contributed by atoms with Crippen molar-refractivity contribution in [2.24, 2.45) is 0 Å². The second-order valence-corrected chi connectivity index (χ2v) is 8.12. The number of nitrogens with zero attached hydrogens (tertiary/aromatic N) is 1. The summed E-state index contributed by atoms with van der Waals surface area (Å²) in [5, 5.41) is 9.87. The standard InChI is InChI=1S/C24H27NO5/c1-3-29-15-24(2,22(26)27)25(16-12-13-16)23(28)30-14-21-19-10-6-4-8-17(19)18-9-5-7-11-20(18)21/h4-11,16,21H,3,12-15H2,1-2H3,(H,26,27). The van der Waals surface area contributed by atoms with Crippen molar-refractivity contribution in [1.29, 1.82) is 0 Å². The van der Waals surface area contributed by atoms with Crippen LogP contribution in [0.4, 0.5) is 4.79 Å². The second kappa shape index (κ2) is 8.11. The van der Waals surface area contributed by atoms with Gasteiger partial charge in [-0.3, -0.25) is 4.90 Å². The highest BCUT2D eigenvalue weighted by Crippen LogP contribution is 2.44. The number of amides is 1. The number of carboxylic acids is 1. The van der Waals surface area contributed by atoms with Gasteiger partial charge in [0.25, 0.3) is 0 Å². The Morgan fingerprint density at radius 2 is 1.63 bits per heavy atom. The molecule has 1 amide bonds. The molecule has 0 heterocycles. The number of aliphatic carboxylic acids is 1. The van der Waals surface area contributed by atoms with Crippen molar-refractivity contribution in [1.82, 2.24) is 4.90 Å². The van der Waals surface area contributed by atoms with Crippen molar-refractivity contribution in [3.8, 4) is 11.1 Å². The number of carbonyl (C=O) groups excluding carboxylic acids is 1. The van der Waals surface area contributed by atoms with Crippen LogP contribution in [-0.4, -0.2) is 53.5 Å². The Labute approximate surface area is 176 Å². The molecule has 6 heteroatoms. The monoisotopic (exact) mass is 409 g/mol. The highest BCUT2D eigenvalue weighted by molar-refractivity contribution is 5.85. The van der Waals surface area contributed by atoms with Gasteiger partial charge in [-0.15, -0.1) is 0 Å². The number of ether oxygens (including phenoxy) is 2. The Morgan fingerprint density at radius 3 is 2.13 bits per heavy atom. The van der Waals surface area contributed by atoms with Crippen LogP contribution in [-0.2, 0) is 14.3 Å². The van der Waals surface area contributed by atoms with E-state index < -0.39 is 17.6 Å². The number of carbonyl (C=O) groups is 2. The number of fused-ring (bicyclic) bond motifs is 3. The first-order valence-electron chi connectivity index (χ1n) is 10.4. The summed E-state index contributed by atoms with van der Waals surface area (Å²) in [7, 11) is 0. The van der Waals surface area contributed by atoms with Crippen molar-refractivity contribution in [2.45, 2.75) is 44.2 Å². The van der Waals surface area contributed by atoms with Crippen molar-refractivity contribution in [2.75, 3.05) is 19.8 Å². The molecule has 4 rings (SSSR count). The number of hydrogen-bond acceptors (Lipinski definition) is 4. The summed E-state index contributed by atoms with van der Waals surface area (Å²) in [6.45, 7) is 3.81. The van der Waals surface area contributed by atoms with Gasteiger partial charge in [0.05, 0.1) is 6.61 Å². The van der Waals surface area contributed by atoms with Crippen LogP contribution < -0.4 is 0 Å². The number of benzene rings is 2. The third-order valence-electron chi connectivity index (χ3n) is 6.02. The first-order chi connectivity index (χ1) is 14.5. The van der Waals surface area contributed by atoms with Gasteiger partial charge in [0.2, 0.25) is 0 Å². The smallest absolute Gasteiger partial charge is 0.411 e. The summed E-state index contributed by atoms with van der Waals surface area (Å²) in [5.74, 6) is -1.15. The molecule has 2 aromatic carbocycles. The summed E-state index contributed by atoms with van der Waals surface area (Å²) >= 11 is 0. The lowest BCUT2D eigenvalue weighted by Crippen LogP contribution is -2.59. The van der Waals surface area contributed by atoms with Gasteiger partial charge in [0.1, 0.15) is 6.61 Å². The second-order valence-electron chi connectivity index (χ2n) is 8.12. The first kappa shape index (κ1) is 20.4. The maximum atomic E-state index is 13.1. The Hall–Kier alpha value is -2.86. The van der Waals surface area contributed by atoms with E-state index in [2.05, 4.69) is 24.3 Å². The maximum absolute atomic E-state index is 13.1. The van der Waals surface area contributed by atoms with Gasteiger partial charge in [-0.25, -0.2) is 9.59 Å². The third kappa shape index (κ3) is 3.56. The normalized spacial score (nSPS) is 17.0. The van der Waals surface area contributed by atoms with Crippen LogP contribution >= 0.6 is 0 Å². The topological polar surface area (TPSA) is 76.1 Å². The lowest BCUT2D eigenvalue weighted by Gasteiger charge is -2.37. The maximum Gasteiger partial charge on any atom is 0.411 e. The van der Waals surface area contributed by atoms with Crippen molar-refractivity contribution < 1.29 is 24.2 Å². The molecular formula is C24H27NO5. The molecule has 2 aliphatic rings. The summed E-state index contributed by atoms with van der Waals surface area (Å²) in [5.41, 5.74) is 3.10. The van der Waals surface area contributed by atoms with Gasteiger partial charge in [-0.2, -0.15) is 0 Å². The quantitative estimate of drug-likeness (QED) is 0.704. The minimum absolute atomic E-state index is 0.0645. The molecule has 158 valence electrons. The molecular weight excluding hydrogens is 382 g/mol. The fraction of sp³-hybridized carbons (Fsp3) is 0.417. The van der Waals surface area contributed by atoms with Gasteiger partial charge in [0.15, 0.2) is 5.54 Å². The molecule has 1 unspecified atom stereocenters. The Morgan fingerprint density at radius 1 is 1.07 bits per heavy atom. The zero-order valence-corrected chi connectivity index (χ0v) is 17.3. The van der Waals surface area contributed by atoms with E-state index >= 15 is 0 Å². The summed E-state index contributed by atoms with van der Waals surface area (Å²) in [6, 6.07) is 16.1. The lowest BCUT2D eigenvalue weighted by molar-refractivity contribution is -0.154. The first-order valence-corrected chi connectivity index (χ1v) is 10.4. The average molecular weight is 409 g/mol. The van der Waals surface area contributed by atoms with Crippen LogP contribution in [0.1, 0.15) is 43.7 Å². The van der Waals surface area contributed by atoms with Crippen molar-refractivity contribution in [3.05, 3.63) is 59.7 Å². The van der Waals surface area contributed by atoms with E-state index in [1.54, 1.807) is 6.92 Å². The van der Waals surface area contributed by atoms with Crippen LogP contribution in [0, 0.1) is 0 Å². The van der Waals surface area contributed by atoms with E-state index in [-0.39, 0.29) is 25.2 Å². The molecule has 0 spiro atoms. The van der Waals surface area contributed by atoms with Crippen molar-refractivity contribution >= 4 is 12.1 Å². The van der Waals surface area contributed by atoms with Gasteiger partial charge in [-0.05, 0) is 48.9 Å². The molecule has 0 aromatic heterocycles. The number of hydrogen-bond donors (Lipinski definition) is 1. The predicted octanol–water partition coefficient (Wildman–Crippen LogP) is 4.28. The summed E-state index contributed by atoms with van der Waals surface area (Å²) < 4.78 is 11.2. The zero-order valence-electron chi connectivity index (χ0n) is 17.3. The average Bonchev–Trinajstić information content (AvgIpc) is 3.52. The van der Waals surface area contributed by atoms with Gasteiger partial charge in [-0.1, -0.05) is 48.5 Å². The van der Waals surface area contributed by atoms with Crippen LogP contribution in [0.5, 0.6) is 0 Å². The van der Waals surface area contributed by atoms with E-state index in [0.717, 1.165) is 35.1 Å². The molecule has 0 bridgehead atoms. The van der Waals surface area contributed by atoms with Crippen LogP contribution in [0.25, 0.3) is 11.1 Å². The lowest BCUT2D eigenvalue weighted by atomic mass is 9.98. The fourth-order valence-corrected chi connectivity index (χ4v) is 4.28. The Balaban J connectivity index is 1.55. The Kier molecular flexibility index (Phi) is 5.52. The minimum atomic E-state index is -1.46. The minimum Gasteiger partial charge on any atom is -0.479 e. The van der Waals surface area contributed by atoms with Crippen LogP contribution in [0.15, 0.2) is 48.5 Å². The SMILES string of the molecule is CCOCC(C)(C(=O)O)N(C(=O)OCC1c2ccccc2-c2ccccc21)C1CC1. The molecule has 0 aliphatic heterocycles. The molecule has 1 fully saturated rings. The highest BCUT2D eigenvalue weighted by Gasteiger charge is 2.50. The molecule has 0 saturated heterocycles. The van der Waals surface area contributed by atoms with Crippen molar-refractivity contribution in [3.63, 3.8) is 0 Å². The summed E-state index contributed by atoms with van der Waals surface area (Å²) in [6.07, 6.45) is 0.960. The highest BCUT2D eigenvalue weighted by atomic mass is 16.6. The van der Waals surface area contributed by atoms with Crippen LogP contribution in [0.2, 0.25) is 0 Å². The van der Waals surface area contributed by atoms with Gasteiger partial charge in [0, 0.05) is 18.6 Å². The summed E-state index contributed by atoms with van der Waals surface area (Å²) in [4.78, 5) is 26.5. The Bertz CT molecular complexity index is 909. The molecule has 2 aromatic rings. The largest absolute Gasteiger partial charge is 0.479 e. The zero-order chi connectivity index (χ0) is 21.3. The number of rotatable bonds is 8. The molecule has 1 atom stereocenters. The molecule has 1 saturated carbocycles. The van der Waals surface area contributed by atoms with E-state index in [4.69, 9.17) is 9.47 Å². The molecule has 2 aliphatic carbocycles. The fourth-order valence-electron chi connectivity index (χ4n) is 4.28. The van der Waals surface area contributed by atoms with E-state index in [9.17, 15) is 14.7 Å². The third-order valence-corrected chi connectivity index (χ3v) is 6.02. The van der Waals surface area contributed by atoms with E-state index in [1.165, 1.54) is 11.8 Å². The molecule has 30 heavy (non-hydrogen) atoms. The van der Waals surface area contributed by atoms with E-state index in [1.807, 2.05) is 24.3 Å². The molecule has 1 N–H and O–H groups in total. The predicted molar refractivity (Wildman–Crippen MR) is 112 cm³/mol. The molecule has 0 radical (unpaired) electrons.